The Morgan fingerprint density at radius 2 is 2.05 bits per heavy atom. The molecule has 1 aromatic carbocycles. The van der Waals surface area contributed by atoms with Crippen molar-refractivity contribution < 1.29 is 8.42 Å². The lowest BCUT2D eigenvalue weighted by atomic mass is 10.2. The molecule has 0 bridgehead atoms. The Hall–Kier alpha value is -0.430. The Morgan fingerprint density at radius 1 is 1.37 bits per heavy atom. The van der Waals surface area contributed by atoms with Gasteiger partial charge in [-0.15, -0.1) is 0 Å². The zero-order chi connectivity index (χ0) is 13.9. The van der Waals surface area contributed by atoms with Crippen LogP contribution < -0.4 is 5.32 Å². The molecule has 106 valence electrons. The van der Waals surface area contributed by atoms with Gasteiger partial charge >= 0.3 is 0 Å². The summed E-state index contributed by atoms with van der Waals surface area (Å²) >= 11 is 3.31. The van der Waals surface area contributed by atoms with Gasteiger partial charge in [-0.1, -0.05) is 15.9 Å². The summed E-state index contributed by atoms with van der Waals surface area (Å²) in [6, 6.07) is 7.23. The van der Waals surface area contributed by atoms with Crippen LogP contribution in [-0.4, -0.2) is 51.3 Å². The van der Waals surface area contributed by atoms with Gasteiger partial charge in [0.1, 0.15) is 0 Å². The van der Waals surface area contributed by atoms with Gasteiger partial charge in [-0.3, -0.25) is 4.90 Å². The maximum atomic E-state index is 12.2. The Kier molecular flexibility index (Phi) is 5.00. The first-order chi connectivity index (χ1) is 8.99. The van der Waals surface area contributed by atoms with Crippen molar-refractivity contribution in [2.75, 3.05) is 31.9 Å². The molecule has 6 heteroatoms. The molecule has 0 spiro atoms. The molecule has 1 heterocycles. The van der Waals surface area contributed by atoms with E-state index in [9.17, 15) is 8.42 Å². The second-order valence-electron chi connectivity index (χ2n) is 4.86. The standard InChI is InChI=1S/C13H19BrN2O2S/c1-11-10-15-6-7-16(11)8-9-19(17,18)13-4-2-12(14)3-5-13/h2-5,11,15H,6-10H2,1H3/t11-/m0/s1. The SMILES string of the molecule is C[C@H]1CNCCN1CCS(=O)(=O)c1ccc(Br)cc1. The molecule has 1 atom stereocenters. The molecule has 2 rings (SSSR count). The summed E-state index contributed by atoms with van der Waals surface area (Å²) < 4.78 is 25.4. The van der Waals surface area contributed by atoms with Crippen molar-refractivity contribution in [3.8, 4) is 0 Å². The van der Waals surface area contributed by atoms with Crippen molar-refractivity contribution in [3.63, 3.8) is 0 Å². The summed E-state index contributed by atoms with van der Waals surface area (Å²) in [4.78, 5) is 2.63. The molecule has 0 unspecified atom stereocenters. The number of sulfone groups is 1. The highest BCUT2D eigenvalue weighted by Crippen LogP contribution is 2.16. The van der Waals surface area contributed by atoms with E-state index in [2.05, 4.69) is 33.1 Å². The van der Waals surface area contributed by atoms with E-state index in [1.54, 1.807) is 24.3 Å². The maximum Gasteiger partial charge on any atom is 0.179 e. The number of nitrogens with one attached hydrogen (secondary N) is 1. The lowest BCUT2D eigenvalue weighted by Gasteiger charge is -2.33. The topological polar surface area (TPSA) is 49.4 Å². The molecule has 0 radical (unpaired) electrons. The van der Waals surface area contributed by atoms with Crippen molar-refractivity contribution in [1.82, 2.24) is 10.2 Å². The number of piperazine rings is 1. The first-order valence-corrected chi connectivity index (χ1v) is 8.87. The minimum atomic E-state index is -3.18. The van der Waals surface area contributed by atoms with Crippen molar-refractivity contribution in [3.05, 3.63) is 28.7 Å². The third-order valence-electron chi connectivity index (χ3n) is 3.46. The van der Waals surface area contributed by atoms with Crippen LogP contribution in [0.1, 0.15) is 6.92 Å². The predicted octanol–water partition coefficient (Wildman–Crippen LogP) is 1.52. The molecule has 1 N–H and O–H groups in total. The molecule has 1 aliphatic heterocycles. The summed E-state index contributed by atoms with van der Waals surface area (Å²) in [5.41, 5.74) is 0. The number of halogens is 1. The molecular formula is C13H19BrN2O2S. The fourth-order valence-electron chi connectivity index (χ4n) is 2.21. The van der Waals surface area contributed by atoms with Crippen LogP contribution in [0.25, 0.3) is 0 Å². The molecular weight excluding hydrogens is 328 g/mol. The van der Waals surface area contributed by atoms with Gasteiger partial charge in [0.15, 0.2) is 9.84 Å². The van der Waals surface area contributed by atoms with Gasteiger partial charge in [-0.05, 0) is 31.2 Å². The fraction of sp³-hybridized carbons (Fsp3) is 0.538. The summed E-state index contributed by atoms with van der Waals surface area (Å²) in [6.45, 7) is 5.50. The van der Waals surface area contributed by atoms with E-state index >= 15 is 0 Å². The molecule has 0 saturated carbocycles. The lowest BCUT2D eigenvalue weighted by molar-refractivity contribution is 0.184. The van der Waals surface area contributed by atoms with E-state index in [-0.39, 0.29) is 5.75 Å². The normalized spacial score (nSPS) is 21.5. The number of benzene rings is 1. The summed E-state index contributed by atoms with van der Waals surface area (Å²) in [7, 11) is -3.18. The van der Waals surface area contributed by atoms with Crippen LogP contribution in [0.5, 0.6) is 0 Å². The van der Waals surface area contributed by atoms with Gasteiger partial charge in [0.05, 0.1) is 10.6 Å². The van der Waals surface area contributed by atoms with Crippen LogP contribution in [0, 0.1) is 0 Å². The van der Waals surface area contributed by atoms with Crippen molar-refractivity contribution in [1.29, 1.82) is 0 Å². The third-order valence-corrected chi connectivity index (χ3v) is 5.70. The average Bonchev–Trinajstić information content (AvgIpc) is 2.38. The molecule has 1 aromatic rings. The zero-order valence-electron chi connectivity index (χ0n) is 11.0. The molecule has 19 heavy (non-hydrogen) atoms. The smallest absolute Gasteiger partial charge is 0.179 e. The van der Waals surface area contributed by atoms with Gasteiger partial charge in [-0.25, -0.2) is 8.42 Å². The molecule has 4 nitrogen and oxygen atoms in total. The van der Waals surface area contributed by atoms with Crippen LogP contribution in [0.3, 0.4) is 0 Å². The maximum absolute atomic E-state index is 12.2. The minimum absolute atomic E-state index is 0.180. The number of hydrogen-bond acceptors (Lipinski definition) is 4. The predicted molar refractivity (Wildman–Crippen MR) is 80.1 cm³/mol. The summed E-state index contributed by atoms with van der Waals surface area (Å²) in [6.07, 6.45) is 0. The number of hydrogen-bond donors (Lipinski definition) is 1. The van der Waals surface area contributed by atoms with Crippen molar-refractivity contribution in [2.24, 2.45) is 0 Å². The van der Waals surface area contributed by atoms with Crippen LogP contribution >= 0.6 is 15.9 Å². The van der Waals surface area contributed by atoms with E-state index < -0.39 is 9.84 Å². The van der Waals surface area contributed by atoms with E-state index in [0.29, 0.717) is 17.5 Å². The van der Waals surface area contributed by atoms with Crippen LogP contribution in [-0.2, 0) is 9.84 Å². The van der Waals surface area contributed by atoms with Gasteiger partial charge in [0.25, 0.3) is 0 Å². The van der Waals surface area contributed by atoms with Crippen LogP contribution in [0.15, 0.2) is 33.6 Å². The van der Waals surface area contributed by atoms with E-state index in [0.717, 1.165) is 24.1 Å². The largest absolute Gasteiger partial charge is 0.314 e. The van der Waals surface area contributed by atoms with E-state index in [1.807, 2.05) is 0 Å². The summed E-state index contributed by atoms with van der Waals surface area (Å²) in [5.74, 6) is 0.180. The lowest BCUT2D eigenvalue weighted by Crippen LogP contribution is -2.50. The van der Waals surface area contributed by atoms with Gasteiger partial charge in [0, 0.05) is 36.7 Å². The van der Waals surface area contributed by atoms with Gasteiger partial charge < -0.3 is 5.32 Å². The Balaban J connectivity index is 1.99. The molecule has 0 aromatic heterocycles. The Morgan fingerprint density at radius 3 is 2.68 bits per heavy atom. The molecule has 1 aliphatic rings. The first kappa shape index (κ1) is 15.0. The average molecular weight is 347 g/mol. The van der Waals surface area contributed by atoms with E-state index in [4.69, 9.17) is 0 Å². The minimum Gasteiger partial charge on any atom is -0.314 e. The fourth-order valence-corrected chi connectivity index (χ4v) is 3.74. The Bertz CT molecular complexity index is 516. The number of nitrogens with zero attached hydrogens (tertiary/aromatic N) is 1. The third kappa shape index (κ3) is 4.02. The zero-order valence-corrected chi connectivity index (χ0v) is 13.4. The van der Waals surface area contributed by atoms with Crippen molar-refractivity contribution in [2.45, 2.75) is 17.9 Å². The second kappa shape index (κ2) is 6.35. The van der Waals surface area contributed by atoms with Crippen LogP contribution in [0.4, 0.5) is 0 Å². The molecule has 0 aliphatic carbocycles. The Labute approximate surface area is 123 Å². The van der Waals surface area contributed by atoms with Crippen molar-refractivity contribution >= 4 is 25.8 Å². The van der Waals surface area contributed by atoms with Gasteiger partial charge in [-0.2, -0.15) is 0 Å². The first-order valence-electron chi connectivity index (χ1n) is 6.42. The van der Waals surface area contributed by atoms with E-state index in [1.165, 1.54) is 0 Å². The monoisotopic (exact) mass is 346 g/mol. The van der Waals surface area contributed by atoms with Gasteiger partial charge in [0.2, 0.25) is 0 Å². The highest BCUT2D eigenvalue weighted by atomic mass is 79.9. The highest BCUT2D eigenvalue weighted by Gasteiger charge is 2.21. The molecule has 0 amide bonds. The molecule has 1 saturated heterocycles. The van der Waals surface area contributed by atoms with Crippen LogP contribution in [0.2, 0.25) is 0 Å². The quantitative estimate of drug-likeness (QED) is 0.897. The second-order valence-corrected chi connectivity index (χ2v) is 7.89. The highest BCUT2D eigenvalue weighted by molar-refractivity contribution is 9.10. The molecule has 1 fully saturated rings. The number of rotatable bonds is 4. The summed E-state index contributed by atoms with van der Waals surface area (Å²) in [5, 5.41) is 3.30.